The SMILES string of the molecule is CC[C@H](C)[C@@H](N)C(=O)N[C@H](CC(C)C)C(=O)NCC(=O)N[C@H](Cc1ccc(O)cc1)C(=O)N[C@H](CCCN=C(N)N)C(=O)N[C@H](CC(=O)O)C(=O)N[C@H](Cc1ccc(O)cc1)C(=O)N[C@H](CCCCN)C(=O)O. The second-order valence-corrected chi connectivity index (χ2v) is 18.1. The molecule has 25 nitrogen and oxygen atoms in total. The van der Waals surface area contributed by atoms with Crippen molar-refractivity contribution < 1.29 is 63.6 Å². The Kier molecular flexibility index (Phi) is 26.8. The largest absolute Gasteiger partial charge is 0.508 e. The van der Waals surface area contributed by atoms with Gasteiger partial charge in [0.05, 0.1) is 19.0 Å². The van der Waals surface area contributed by atoms with Gasteiger partial charge in [-0.05, 0) is 92.3 Å². The molecular weight excluding hydrogens is 953 g/mol. The molecule has 25 heteroatoms. The summed E-state index contributed by atoms with van der Waals surface area (Å²) < 4.78 is 0. The first kappa shape index (κ1) is 61.6. The molecule has 0 fully saturated rings. The number of phenolic OH excluding ortho intramolecular Hbond substituents is 2. The van der Waals surface area contributed by atoms with E-state index in [9.17, 15) is 63.6 Å². The van der Waals surface area contributed by atoms with Gasteiger partial charge in [0.2, 0.25) is 41.4 Å². The highest BCUT2D eigenvalue weighted by molar-refractivity contribution is 5.98. The van der Waals surface area contributed by atoms with Gasteiger partial charge in [0.25, 0.3) is 0 Å². The number of aliphatic carboxylic acids is 2. The molecule has 8 atom stereocenters. The van der Waals surface area contributed by atoms with Gasteiger partial charge < -0.3 is 80.6 Å². The van der Waals surface area contributed by atoms with Gasteiger partial charge in [0.1, 0.15) is 47.8 Å². The number of unbranched alkanes of at least 4 members (excludes halogenated alkanes) is 1. The molecule has 0 unspecified atom stereocenters. The third-order valence-electron chi connectivity index (χ3n) is 11.5. The summed E-state index contributed by atoms with van der Waals surface area (Å²) in [4.78, 5) is 124. The van der Waals surface area contributed by atoms with Crippen molar-refractivity contribution in [2.24, 2.45) is 39.8 Å². The Morgan fingerprint density at radius 3 is 1.55 bits per heavy atom. The molecule has 0 aromatic heterocycles. The highest BCUT2D eigenvalue weighted by atomic mass is 16.4. The molecule has 0 saturated carbocycles. The number of carboxylic acid groups (broad SMARTS) is 2. The lowest BCUT2D eigenvalue weighted by Crippen LogP contribution is -2.60. The molecule has 0 aliphatic carbocycles. The molecule has 0 spiro atoms. The van der Waals surface area contributed by atoms with Crippen LogP contribution in [0.1, 0.15) is 90.2 Å². The monoisotopic (exact) mass is 1030 g/mol. The molecule has 0 bridgehead atoms. The molecule has 404 valence electrons. The van der Waals surface area contributed by atoms with E-state index in [4.69, 9.17) is 22.9 Å². The lowest BCUT2D eigenvalue weighted by molar-refractivity contribution is -0.143. The van der Waals surface area contributed by atoms with Crippen molar-refractivity contribution in [3.8, 4) is 11.5 Å². The van der Waals surface area contributed by atoms with E-state index in [0.29, 0.717) is 30.4 Å². The van der Waals surface area contributed by atoms with Crippen LogP contribution in [0.25, 0.3) is 0 Å². The molecule has 0 aliphatic rings. The highest BCUT2D eigenvalue weighted by Crippen LogP contribution is 2.15. The Hall–Kier alpha value is -7.54. The van der Waals surface area contributed by atoms with Crippen LogP contribution < -0.4 is 60.2 Å². The van der Waals surface area contributed by atoms with Crippen molar-refractivity contribution in [1.29, 1.82) is 0 Å². The molecule has 0 saturated heterocycles. The first-order valence-corrected chi connectivity index (χ1v) is 24.0. The normalized spacial score (nSPS) is 14.3. The van der Waals surface area contributed by atoms with Crippen LogP contribution in [-0.4, -0.2) is 142 Å². The molecule has 2 rings (SSSR count). The van der Waals surface area contributed by atoms with Gasteiger partial charge in [-0.25, -0.2) is 4.79 Å². The summed E-state index contributed by atoms with van der Waals surface area (Å²) in [6.07, 6.45) is -0.0914. The number of nitrogens with zero attached hydrogens (tertiary/aromatic N) is 1. The van der Waals surface area contributed by atoms with Gasteiger partial charge in [-0.2, -0.15) is 0 Å². The maximum atomic E-state index is 14.2. The number of aliphatic imine (C=N–C) groups is 1. The average Bonchev–Trinajstić information content (AvgIpc) is 3.33. The Morgan fingerprint density at radius 1 is 0.589 bits per heavy atom. The van der Waals surface area contributed by atoms with Crippen LogP contribution in [-0.2, 0) is 56.0 Å². The van der Waals surface area contributed by atoms with Gasteiger partial charge in [0, 0.05) is 19.4 Å². The minimum absolute atomic E-state index is 0.00336. The molecule has 0 radical (unpaired) electrons. The summed E-state index contributed by atoms with van der Waals surface area (Å²) in [6.45, 7) is 6.89. The fourth-order valence-electron chi connectivity index (χ4n) is 7.17. The number of amides is 7. The number of guanidine groups is 1. The average molecular weight is 1030 g/mol. The van der Waals surface area contributed by atoms with Crippen LogP contribution in [0.2, 0.25) is 0 Å². The number of rotatable bonds is 33. The predicted octanol–water partition coefficient (Wildman–Crippen LogP) is -1.93. The van der Waals surface area contributed by atoms with Crippen LogP contribution in [0.4, 0.5) is 0 Å². The summed E-state index contributed by atoms with van der Waals surface area (Å²) in [6, 6.07) is 1.31. The highest BCUT2D eigenvalue weighted by Gasteiger charge is 2.34. The zero-order chi connectivity index (χ0) is 54.8. The Bertz CT molecular complexity index is 2190. The second kappa shape index (κ2) is 31.7. The topological polar surface area (TPSA) is 435 Å². The van der Waals surface area contributed by atoms with E-state index in [2.05, 4.69) is 42.2 Å². The van der Waals surface area contributed by atoms with Gasteiger partial charge in [-0.15, -0.1) is 0 Å². The van der Waals surface area contributed by atoms with Crippen LogP contribution in [0, 0.1) is 11.8 Å². The minimum atomic E-state index is -1.90. The second-order valence-electron chi connectivity index (χ2n) is 18.1. The Balaban J connectivity index is 2.46. The summed E-state index contributed by atoms with van der Waals surface area (Å²) in [7, 11) is 0. The quantitative estimate of drug-likeness (QED) is 0.0210. The third kappa shape index (κ3) is 23.5. The molecule has 73 heavy (non-hydrogen) atoms. The van der Waals surface area contributed by atoms with E-state index < -0.39 is 109 Å². The lowest BCUT2D eigenvalue weighted by Gasteiger charge is -2.27. The number of nitrogens with one attached hydrogen (secondary N) is 7. The van der Waals surface area contributed by atoms with E-state index in [1.54, 1.807) is 6.92 Å². The maximum absolute atomic E-state index is 14.2. The number of carboxylic acids is 2. The summed E-state index contributed by atoms with van der Waals surface area (Å²) in [5.74, 6) is -9.94. The molecule has 19 N–H and O–H groups in total. The predicted molar refractivity (Wildman–Crippen MR) is 268 cm³/mol. The van der Waals surface area contributed by atoms with E-state index in [-0.39, 0.29) is 80.9 Å². The van der Waals surface area contributed by atoms with Gasteiger partial charge >= 0.3 is 11.9 Å². The van der Waals surface area contributed by atoms with E-state index in [0.717, 1.165) is 0 Å². The fraction of sp³-hybridized carbons (Fsp3) is 0.542. The number of phenols is 2. The number of hydrogen-bond acceptors (Lipinski definition) is 14. The summed E-state index contributed by atoms with van der Waals surface area (Å²) >= 11 is 0. The molecule has 2 aromatic rings. The van der Waals surface area contributed by atoms with Crippen LogP contribution in [0.3, 0.4) is 0 Å². The van der Waals surface area contributed by atoms with Gasteiger partial charge in [-0.3, -0.25) is 43.3 Å². The van der Waals surface area contributed by atoms with Gasteiger partial charge in [0.15, 0.2) is 5.96 Å². The summed E-state index contributed by atoms with van der Waals surface area (Å²) in [5, 5.41) is 56.8. The summed E-state index contributed by atoms with van der Waals surface area (Å²) in [5.41, 5.74) is 23.4. The number of carbonyl (C=O) groups is 9. The van der Waals surface area contributed by atoms with Crippen molar-refractivity contribution in [3.63, 3.8) is 0 Å². The number of carbonyl (C=O) groups excluding carboxylic acids is 7. The smallest absolute Gasteiger partial charge is 0.326 e. The first-order valence-electron chi connectivity index (χ1n) is 24.0. The zero-order valence-electron chi connectivity index (χ0n) is 41.7. The van der Waals surface area contributed by atoms with E-state index >= 15 is 0 Å². The zero-order valence-corrected chi connectivity index (χ0v) is 41.7. The van der Waals surface area contributed by atoms with Crippen molar-refractivity contribution in [2.45, 2.75) is 134 Å². The van der Waals surface area contributed by atoms with Crippen molar-refractivity contribution in [3.05, 3.63) is 59.7 Å². The molecular formula is C48H74N12O13. The minimum Gasteiger partial charge on any atom is -0.508 e. The Labute approximate surface area is 423 Å². The fourth-order valence-corrected chi connectivity index (χ4v) is 7.17. The number of hydrogen-bond donors (Lipinski definition) is 15. The third-order valence-corrected chi connectivity index (χ3v) is 11.5. The van der Waals surface area contributed by atoms with Gasteiger partial charge in [-0.1, -0.05) is 58.4 Å². The number of aromatic hydroxyl groups is 2. The van der Waals surface area contributed by atoms with E-state index in [1.807, 2.05) is 20.8 Å². The standard InChI is InChI=1S/C48H74N12O13/c1-5-27(4)40(50)46(71)60-34(21-26(2)3)41(66)54-25-38(63)55-35(22-28-11-15-30(61)16-12-28)43(68)56-32(10-8-20-53-48(51)52)42(67)59-37(24-39(64)65)45(70)58-36(23-29-13-17-31(62)18-14-29)44(69)57-33(47(72)73)9-6-7-19-49/h11-18,26-27,32-37,40,61-62H,5-10,19-25,49-50H2,1-4H3,(H,54,66)(H,55,63)(H,56,68)(H,57,69)(H,58,70)(H,59,67)(H,60,71)(H,64,65)(H,72,73)(H4,51,52,53)/t27-,32+,33+,34+,35+,36+,37+,40+/m0/s1. The molecule has 0 heterocycles. The lowest BCUT2D eigenvalue weighted by atomic mass is 9.97. The molecule has 0 aliphatic heterocycles. The van der Waals surface area contributed by atoms with Crippen molar-refractivity contribution >= 4 is 59.2 Å². The van der Waals surface area contributed by atoms with Crippen LogP contribution in [0.5, 0.6) is 11.5 Å². The van der Waals surface area contributed by atoms with Crippen molar-refractivity contribution in [1.82, 2.24) is 37.2 Å². The van der Waals surface area contributed by atoms with Crippen LogP contribution >= 0.6 is 0 Å². The Morgan fingerprint density at radius 2 is 1.05 bits per heavy atom. The number of benzene rings is 2. The van der Waals surface area contributed by atoms with E-state index in [1.165, 1.54) is 48.5 Å². The molecule has 7 amide bonds. The number of nitrogens with two attached hydrogens (primary N) is 4. The maximum Gasteiger partial charge on any atom is 0.326 e. The molecule has 2 aromatic carbocycles. The first-order chi connectivity index (χ1) is 34.4. The van der Waals surface area contributed by atoms with Crippen LogP contribution in [0.15, 0.2) is 53.5 Å². The van der Waals surface area contributed by atoms with Crippen molar-refractivity contribution in [2.75, 3.05) is 19.6 Å².